The van der Waals surface area contributed by atoms with E-state index in [0.29, 0.717) is 23.0 Å². The van der Waals surface area contributed by atoms with Gasteiger partial charge < -0.3 is 11.5 Å². The van der Waals surface area contributed by atoms with Crippen LogP contribution in [0.2, 0.25) is 0 Å². The first kappa shape index (κ1) is 16.4. The number of aromatic nitrogens is 2. The van der Waals surface area contributed by atoms with E-state index in [-0.39, 0.29) is 11.7 Å². The highest BCUT2D eigenvalue weighted by atomic mass is 16.2. The molecule has 125 valence electrons. The molecule has 0 fully saturated rings. The van der Waals surface area contributed by atoms with Gasteiger partial charge in [-0.15, -0.1) is 0 Å². The van der Waals surface area contributed by atoms with Crippen LogP contribution in [0.4, 0.5) is 4.79 Å². The third-order valence-corrected chi connectivity index (χ3v) is 3.76. The molecule has 0 saturated carbocycles. The third-order valence-electron chi connectivity index (χ3n) is 3.76. The number of rotatable bonds is 5. The quantitative estimate of drug-likeness (QED) is 0.374. The molecule has 0 bridgehead atoms. The second kappa shape index (κ2) is 6.56. The number of nitrogens with one attached hydrogen (secondary N) is 1. The van der Waals surface area contributed by atoms with Gasteiger partial charge in [0.2, 0.25) is 5.78 Å². The van der Waals surface area contributed by atoms with E-state index in [1.165, 1.54) is 6.42 Å². The Morgan fingerprint density at radius 2 is 1.88 bits per heavy atom. The largest absolute Gasteiger partial charge is 0.384 e. The number of hydrogen-bond acceptors (Lipinski definition) is 4. The number of para-hydroxylation sites is 2. The molecular weight excluding hydrogens is 318 g/mol. The number of benzene rings is 2. The van der Waals surface area contributed by atoms with E-state index in [0.717, 1.165) is 10.1 Å². The topological polar surface area (TPSA) is 128 Å². The zero-order valence-corrected chi connectivity index (χ0v) is 13.3. The lowest BCUT2D eigenvalue weighted by atomic mass is 10.0. The summed E-state index contributed by atoms with van der Waals surface area (Å²) in [4.78, 5) is 28.5. The van der Waals surface area contributed by atoms with Crippen molar-refractivity contribution >= 4 is 28.7 Å². The molecule has 0 aliphatic heterocycles. The van der Waals surface area contributed by atoms with Gasteiger partial charge in [-0.05, 0) is 30.2 Å². The average Bonchev–Trinajstić information content (AvgIpc) is 2.99. The van der Waals surface area contributed by atoms with E-state index in [1.54, 1.807) is 42.5 Å². The summed E-state index contributed by atoms with van der Waals surface area (Å²) in [5.74, 6) is -0.455. The smallest absolute Gasteiger partial charge is 0.325 e. The molecule has 0 atom stereocenters. The molecule has 7 nitrogen and oxygen atoms in total. The molecule has 0 aliphatic rings. The van der Waals surface area contributed by atoms with Crippen molar-refractivity contribution in [3.05, 3.63) is 71.9 Å². The lowest BCUT2D eigenvalue weighted by Crippen LogP contribution is -2.24. The molecule has 1 amide bonds. The van der Waals surface area contributed by atoms with Gasteiger partial charge in [-0.1, -0.05) is 30.3 Å². The van der Waals surface area contributed by atoms with Crippen molar-refractivity contribution in [1.29, 1.82) is 5.41 Å². The van der Waals surface area contributed by atoms with Gasteiger partial charge in [-0.2, -0.15) is 0 Å². The van der Waals surface area contributed by atoms with E-state index >= 15 is 0 Å². The van der Waals surface area contributed by atoms with Crippen molar-refractivity contribution in [2.75, 3.05) is 0 Å². The van der Waals surface area contributed by atoms with Crippen LogP contribution in [-0.2, 0) is 6.42 Å². The van der Waals surface area contributed by atoms with Gasteiger partial charge in [0.15, 0.2) is 5.82 Å². The predicted molar refractivity (Wildman–Crippen MR) is 94.5 cm³/mol. The number of fused-ring (bicyclic) bond motifs is 1. The average molecular weight is 334 g/mol. The molecule has 0 unspecified atom stereocenters. The van der Waals surface area contributed by atoms with E-state index in [2.05, 4.69) is 4.98 Å². The maximum Gasteiger partial charge on any atom is 0.325 e. The van der Waals surface area contributed by atoms with Crippen molar-refractivity contribution in [2.24, 2.45) is 11.5 Å². The Labute approximate surface area is 143 Å². The lowest BCUT2D eigenvalue weighted by molar-refractivity contribution is 0.101. The lowest BCUT2D eigenvalue weighted by Gasteiger charge is -2.05. The highest BCUT2D eigenvalue weighted by molar-refractivity contribution is 6.06. The molecular formula is C18H16N5O2. The number of hydrogen-bond donors (Lipinski definition) is 3. The summed E-state index contributed by atoms with van der Waals surface area (Å²) in [5.41, 5.74) is 13.3. The highest BCUT2D eigenvalue weighted by Gasteiger charge is 2.20. The molecule has 2 aromatic carbocycles. The Hall–Kier alpha value is -3.48. The first-order valence-corrected chi connectivity index (χ1v) is 7.55. The molecule has 7 heteroatoms. The normalized spacial score (nSPS) is 10.7. The summed E-state index contributed by atoms with van der Waals surface area (Å²) >= 11 is 0. The number of nitrogens with two attached hydrogens (primary N) is 2. The molecule has 0 saturated heterocycles. The number of amidine groups is 1. The van der Waals surface area contributed by atoms with Gasteiger partial charge in [0, 0.05) is 12.0 Å². The van der Waals surface area contributed by atoms with Crippen LogP contribution in [0.1, 0.15) is 21.7 Å². The van der Waals surface area contributed by atoms with Crippen molar-refractivity contribution in [3.63, 3.8) is 0 Å². The molecule has 25 heavy (non-hydrogen) atoms. The zero-order valence-electron chi connectivity index (χ0n) is 13.3. The zero-order chi connectivity index (χ0) is 18.0. The van der Waals surface area contributed by atoms with E-state index in [9.17, 15) is 9.59 Å². The number of imidazole rings is 1. The maximum atomic E-state index is 12.5. The maximum absolute atomic E-state index is 12.5. The molecule has 5 N–H and O–H groups in total. The van der Waals surface area contributed by atoms with Gasteiger partial charge in [-0.3, -0.25) is 10.2 Å². The second-order valence-electron chi connectivity index (χ2n) is 5.48. The summed E-state index contributed by atoms with van der Waals surface area (Å²) in [7, 11) is 0. The van der Waals surface area contributed by atoms with Gasteiger partial charge in [0.25, 0.3) is 0 Å². The molecule has 3 aromatic rings. The Kier molecular flexibility index (Phi) is 4.30. The molecule has 1 heterocycles. The van der Waals surface area contributed by atoms with Crippen LogP contribution >= 0.6 is 0 Å². The Morgan fingerprint density at radius 1 is 1.12 bits per heavy atom. The minimum Gasteiger partial charge on any atom is -0.384 e. The van der Waals surface area contributed by atoms with Crippen molar-refractivity contribution < 1.29 is 9.59 Å². The monoisotopic (exact) mass is 334 g/mol. The predicted octanol–water partition coefficient (Wildman–Crippen LogP) is 1.88. The Balaban J connectivity index is 1.86. The van der Waals surface area contributed by atoms with E-state index in [4.69, 9.17) is 16.9 Å². The van der Waals surface area contributed by atoms with Gasteiger partial charge in [-0.25, -0.2) is 14.3 Å². The fourth-order valence-corrected chi connectivity index (χ4v) is 2.58. The van der Waals surface area contributed by atoms with Crippen LogP contribution in [0.25, 0.3) is 11.0 Å². The van der Waals surface area contributed by atoms with E-state index in [1.807, 2.05) is 6.07 Å². The van der Waals surface area contributed by atoms with Crippen molar-refractivity contribution in [2.45, 2.75) is 6.42 Å². The van der Waals surface area contributed by atoms with Crippen LogP contribution in [0, 0.1) is 11.8 Å². The standard InChI is InChI=1S/C18H16N5O2/c19-16(20)12-5-3-4-11(10-12)8-9-15(24)17-22-13-6-1-2-7-14(13)23(17)18(21)25/h1-7,9-10H,8H2,(H3,19,20)(H2,21,25). The molecule has 3 rings (SSSR count). The van der Waals surface area contributed by atoms with Crippen LogP contribution in [0.15, 0.2) is 48.5 Å². The number of carbonyl (C=O) groups is 2. The van der Waals surface area contributed by atoms with Crippen LogP contribution in [0.3, 0.4) is 0 Å². The second-order valence-corrected chi connectivity index (χ2v) is 5.48. The third kappa shape index (κ3) is 3.25. The van der Waals surface area contributed by atoms with Gasteiger partial charge in [0.05, 0.1) is 11.0 Å². The number of nitrogens with zero attached hydrogens (tertiary/aromatic N) is 2. The summed E-state index contributed by atoms with van der Waals surface area (Å²) in [6, 6.07) is 13.2. The van der Waals surface area contributed by atoms with Crippen LogP contribution in [-0.4, -0.2) is 27.2 Å². The van der Waals surface area contributed by atoms with Crippen molar-refractivity contribution in [1.82, 2.24) is 9.55 Å². The molecule has 0 aliphatic carbocycles. The molecule has 1 aromatic heterocycles. The van der Waals surface area contributed by atoms with Gasteiger partial charge in [0.1, 0.15) is 5.84 Å². The number of carbonyl (C=O) groups excluding carboxylic acids is 2. The molecule has 1 radical (unpaired) electrons. The van der Waals surface area contributed by atoms with Gasteiger partial charge >= 0.3 is 6.03 Å². The fourth-order valence-electron chi connectivity index (χ4n) is 2.58. The number of nitrogen functional groups attached to an aromatic ring is 1. The summed E-state index contributed by atoms with van der Waals surface area (Å²) in [6.45, 7) is 0. The van der Waals surface area contributed by atoms with Crippen molar-refractivity contribution in [3.8, 4) is 0 Å². The Morgan fingerprint density at radius 3 is 2.60 bits per heavy atom. The number of primary amides is 1. The summed E-state index contributed by atoms with van der Waals surface area (Å²) < 4.78 is 1.11. The highest BCUT2D eigenvalue weighted by Crippen LogP contribution is 2.17. The number of ketones is 1. The van der Waals surface area contributed by atoms with Crippen LogP contribution < -0.4 is 11.5 Å². The first-order valence-electron chi connectivity index (χ1n) is 7.55. The number of Topliss-reactive ketones (excluding diaryl/α,β-unsaturated/α-hetero) is 1. The van der Waals surface area contributed by atoms with Crippen LogP contribution in [0.5, 0.6) is 0 Å². The first-order chi connectivity index (χ1) is 12.0. The fraction of sp³-hybridized carbons (Fsp3) is 0.0556. The summed E-state index contributed by atoms with van der Waals surface area (Å²) in [5, 5.41) is 7.46. The number of amides is 1. The van der Waals surface area contributed by atoms with E-state index < -0.39 is 11.8 Å². The minimum absolute atomic E-state index is 0.0172. The Bertz CT molecular complexity index is 990. The molecule has 0 spiro atoms. The minimum atomic E-state index is -0.760. The summed E-state index contributed by atoms with van der Waals surface area (Å²) in [6.07, 6.45) is 1.75. The SMILES string of the molecule is N=C(N)c1cccc(C[CH]C(=O)c2nc3ccccc3n2C(N)=O)c1.